The van der Waals surface area contributed by atoms with E-state index in [1.165, 1.54) is 4.90 Å². The fraction of sp³-hybridized carbons (Fsp3) is 0.393. The van der Waals surface area contributed by atoms with Crippen LogP contribution in [0.15, 0.2) is 67.8 Å². The number of hydrogen-bond donors (Lipinski definition) is 1. The molecule has 0 saturated carbocycles. The maximum absolute atomic E-state index is 14.3. The van der Waals surface area contributed by atoms with Gasteiger partial charge in [0.2, 0.25) is 0 Å². The molecule has 6 rings (SSSR count). The molecule has 7 nitrogen and oxygen atoms in total. The molecule has 1 N–H and O–H groups in total. The van der Waals surface area contributed by atoms with Crippen LogP contribution < -0.4 is 5.76 Å². The van der Waals surface area contributed by atoms with Crippen LogP contribution in [-0.4, -0.2) is 64.4 Å². The van der Waals surface area contributed by atoms with E-state index in [4.69, 9.17) is 4.42 Å². The van der Waals surface area contributed by atoms with E-state index in [0.717, 1.165) is 12.5 Å². The molecule has 2 aromatic carbocycles. The number of nitrogens with one attached hydrogen (secondary N) is 1. The molecule has 0 aliphatic carbocycles. The maximum atomic E-state index is 14.3. The summed E-state index contributed by atoms with van der Waals surface area (Å²) in [6, 6.07) is 11.6. The number of aromatic nitrogens is 1. The van der Waals surface area contributed by atoms with Crippen molar-refractivity contribution in [1.82, 2.24) is 14.8 Å². The summed E-state index contributed by atoms with van der Waals surface area (Å²) in [4.78, 5) is 35.6. The third-order valence-corrected chi connectivity index (χ3v) is 7.52. The molecule has 3 aromatic rings. The highest BCUT2D eigenvalue weighted by Crippen LogP contribution is 2.44. The lowest BCUT2D eigenvalue weighted by Crippen LogP contribution is -2.40. The van der Waals surface area contributed by atoms with E-state index in [2.05, 4.69) is 9.98 Å². The summed E-state index contributed by atoms with van der Waals surface area (Å²) in [5.74, 6) is -6.89. The second kappa shape index (κ2) is 9.18. The van der Waals surface area contributed by atoms with E-state index in [1.807, 2.05) is 17.0 Å². The van der Waals surface area contributed by atoms with E-state index in [9.17, 15) is 27.2 Å². The number of aromatic amines is 1. The van der Waals surface area contributed by atoms with Crippen molar-refractivity contribution in [2.75, 3.05) is 26.2 Å². The smallest absolute Gasteiger partial charge is 0.407 e. The minimum absolute atomic E-state index is 0.0362. The van der Waals surface area contributed by atoms with Crippen LogP contribution in [0.25, 0.3) is 11.1 Å². The second-order valence-electron chi connectivity index (χ2n) is 10.5. The van der Waals surface area contributed by atoms with Crippen LogP contribution in [-0.2, 0) is 11.3 Å². The Bertz CT molecular complexity index is 1560. The van der Waals surface area contributed by atoms with Crippen molar-refractivity contribution in [3.8, 4) is 0 Å². The average molecular weight is 543 g/mol. The molecule has 1 unspecified atom stereocenters. The molecular formula is C28H26F4N4O3. The number of carbonyl (C=O) groups is 1. The van der Waals surface area contributed by atoms with Crippen LogP contribution in [0.2, 0.25) is 0 Å². The van der Waals surface area contributed by atoms with Gasteiger partial charge in [0.1, 0.15) is 0 Å². The van der Waals surface area contributed by atoms with Gasteiger partial charge in [-0.15, -0.1) is 0 Å². The first kappa shape index (κ1) is 25.5. The number of carbonyl (C=O) groups excluding carboxylic acids is 1. The third-order valence-electron chi connectivity index (χ3n) is 7.52. The highest BCUT2D eigenvalue weighted by molar-refractivity contribution is 6.25. The molecule has 3 aliphatic heterocycles. The van der Waals surface area contributed by atoms with Crippen LogP contribution in [0, 0.1) is 0 Å². The maximum Gasteiger partial charge on any atom is 0.417 e. The summed E-state index contributed by atoms with van der Waals surface area (Å²) < 4.78 is 60.9. The Morgan fingerprint density at radius 3 is 2.51 bits per heavy atom. The normalized spacial score (nSPS) is 21.7. The molecule has 204 valence electrons. The van der Waals surface area contributed by atoms with Gasteiger partial charge in [-0.25, -0.2) is 22.4 Å². The second-order valence-corrected chi connectivity index (χ2v) is 10.5. The van der Waals surface area contributed by atoms with Gasteiger partial charge >= 0.3 is 5.76 Å². The van der Waals surface area contributed by atoms with E-state index in [0.29, 0.717) is 53.1 Å². The molecular weight excluding hydrogens is 516 g/mol. The van der Waals surface area contributed by atoms with Crippen molar-refractivity contribution in [2.45, 2.75) is 44.2 Å². The first-order valence-corrected chi connectivity index (χ1v) is 12.8. The Hall–Kier alpha value is -3.73. The van der Waals surface area contributed by atoms with Gasteiger partial charge in [-0.1, -0.05) is 30.3 Å². The number of alkyl halides is 4. The highest BCUT2D eigenvalue weighted by atomic mass is 19.3. The van der Waals surface area contributed by atoms with Gasteiger partial charge in [0, 0.05) is 56.1 Å². The van der Waals surface area contributed by atoms with Crippen molar-refractivity contribution >= 4 is 22.7 Å². The van der Waals surface area contributed by atoms with E-state index < -0.39 is 36.1 Å². The van der Waals surface area contributed by atoms with Crippen LogP contribution in [0.5, 0.6) is 0 Å². The summed E-state index contributed by atoms with van der Waals surface area (Å²) >= 11 is 0. The number of likely N-dealkylation sites (tertiary alicyclic amines) is 1. The molecule has 39 heavy (non-hydrogen) atoms. The van der Waals surface area contributed by atoms with Crippen LogP contribution >= 0.6 is 0 Å². The number of amides is 1. The van der Waals surface area contributed by atoms with Gasteiger partial charge < -0.3 is 9.32 Å². The number of rotatable bonds is 6. The largest absolute Gasteiger partial charge is 0.417 e. The molecule has 3 aliphatic rings. The lowest BCUT2D eigenvalue weighted by Gasteiger charge is -2.32. The molecule has 1 amide bonds. The number of aliphatic imine (C=N–C) groups is 1. The summed E-state index contributed by atoms with van der Waals surface area (Å²) in [5.41, 5.74) is 4.06. The quantitative estimate of drug-likeness (QED) is 0.459. The number of halogens is 4. The standard InChI is InChI=1S/C28H26F4N4O3/c1-27(29,30)15-36-23(17-7-5-16(6-8-17)14-35-11-9-28(31,32)10-12-35)21-19(25(36)37)13-33-22(21)18-3-2-4-20-24(18)39-26(38)34-20/h2-8,23H,9-15H2,1H3,(H,34,38). The SMILES string of the molecule is CC(F)(F)CN1C(=O)C2=C(C(c3cccc4[nH]c(=O)oc34)=NC2)C1c1ccc(CN2CCC(F)(F)CC2)cc1. The van der Waals surface area contributed by atoms with Gasteiger partial charge in [-0.3, -0.25) is 19.7 Å². The summed E-state index contributed by atoms with van der Waals surface area (Å²) in [7, 11) is 0. The molecule has 0 spiro atoms. The number of para-hydroxylation sites is 1. The van der Waals surface area contributed by atoms with Crippen molar-refractivity contribution in [3.05, 3.63) is 80.9 Å². The van der Waals surface area contributed by atoms with Crippen molar-refractivity contribution in [2.24, 2.45) is 4.99 Å². The molecule has 1 fully saturated rings. The molecule has 11 heteroatoms. The Morgan fingerprint density at radius 1 is 1.10 bits per heavy atom. The Balaban J connectivity index is 1.35. The number of piperidine rings is 1. The Kier molecular flexibility index (Phi) is 6.01. The lowest BCUT2D eigenvalue weighted by atomic mass is 9.91. The van der Waals surface area contributed by atoms with E-state index >= 15 is 0 Å². The number of nitrogens with zero attached hydrogens (tertiary/aromatic N) is 3. The fourth-order valence-corrected chi connectivity index (χ4v) is 5.70. The Morgan fingerprint density at radius 2 is 1.82 bits per heavy atom. The minimum Gasteiger partial charge on any atom is -0.407 e. The number of hydrogen-bond acceptors (Lipinski definition) is 5. The monoisotopic (exact) mass is 542 g/mol. The predicted octanol–water partition coefficient (Wildman–Crippen LogP) is 4.69. The number of oxazole rings is 1. The number of H-pyrrole nitrogens is 1. The van der Waals surface area contributed by atoms with Gasteiger partial charge in [-0.05, 0) is 23.3 Å². The first-order valence-electron chi connectivity index (χ1n) is 12.8. The van der Waals surface area contributed by atoms with Gasteiger partial charge in [0.25, 0.3) is 17.8 Å². The molecule has 1 atom stereocenters. The van der Waals surface area contributed by atoms with Crippen molar-refractivity contribution in [3.63, 3.8) is 0 Å². The van der Waals surface area contributed by atoms with Crippen LogP contribution in [0.1, 0.15) is 42.5 Å². The average Bonchev–Trinajstić information content (AvgIpc) is 3.54. The summed E-state index contributed by atoms with van der Waals surface area (Å²) in [6.45, 7) is 1.12. The van der Waals surface area contributed by atoms with E-state index in [-0.39, 0.29) is 25.0 Å². The zero-order valence-corrected chi connectivity index (χ0v) is 21.1. The molecule has 1 aromatic heterocycles. The number of fused-ring (bicyclic) bond motifs is 1. The topological polar surface area (TPSA) is 81.9 Å². The van der Waals surface area contributed by atoms with Gasteiger partial charge in [-0.2, -0.15) is 0 Å². The zero-order chi connectivity index (χ0) is 27.5. The molecule has 4 heterocycles. The lowest BCUT2D eigenvalue weighted by molar-refractivity contribution is -0.132. The predicted molar refractivity (Wildman–Crippen MR) is 136 cm³/mol. The summed E-state index contributed by atoms with van der Waals surface area (Å²) in [6.07, 6.45) is -0.356. The highest BCUT2D eigenvalue weighted by Gasteiger charge is 2.47. The van der Waals surface area contributed by atoms with Gasteiger partial charge in [0.05, 0.1) is 30.4 Å². The molecule has 0 bridgehead atoms. The van der Waals surface area contributed by atoms with Crippen molar-refractivity contribution in [1.29, 1.82) is 0 Å². The van der Waals surface area contributed by atoms with Crippen LogP contribution in [0.4, 0.5) is 17.6 Å². The van der Waals surface area contributed by atoms with Crippen molar-refractivity contribution < 1.29 is 26.8 Å². The third kappa shape index (κ3) is 4.80. The van der Waals surface area contributed by atoms with Gasteiger partial charge in [0.15, 0.2) is 5.58 Å². The zero-order valence-electron chi connectivity index (χ0n) is 21.1. The minimum atomic E-state index is -3.13. The summed E-state index contributed by atoms with van der Waals surface area (Å²) in [5, 5.41) is 0. The fourth-order valence-electron chi connectivity index (χ4n) is 5.70. The van der Waals surface area contributed by atoms with E-state index in [1.54, 1.807) is 30.3 Å². The molecule has 0 radical (unpaired) electrons. The van der Waals surface area contributed by atoms with Crippen LogP contribution in [0.3, 0.4) is 0 Å². The first-order chi connectivity index (χ1) is 18.5. The Labute approximate surface area is 220 Å². The number of benzene rings is 2. The molecule has 1 saturated heterocycles.